The van der Waals surface area contributed by atoms with Crippen molar-refractivity contribution in [1.29, 1.82) is 0 Å². The highest BCUT2D eigenvalue weighted by molar-refractivity contribution is 7.15. The molecule has 0 atom stereocenters. The number of hydrogen-bond donors (Lipinski definition) is 2. The Morgan fingerprint density at radius 2 is 2.04 bits per heavy atom. The molecule has 0 fully saturated rings. The van der Waals surface area contributed by atoms with Crippen molar-refractivity contribution in [3.8, 4) is 11.3 Å². The Hall–Kier alpha value is -2.64. The van der Waals surface area contributed by atoms with E-state index in [4.69, 9.17) is 0 Å². The van der Waals surface area contributed by atoms with Crippen molar-refractivity contribution in [3.05, 3.63) is 64.4 Å². The number of imidazole rings is 1. The zero-order valence-electron chi connectivity index (χ0n) is 12.6. The first kappa shape index (κ1) is 14.9. The summed E-state index contributed by atoms with van der Waals surface area (Å²) in [7, 11) is 0. The van der Waals surface area contributed by atoms with Crippen molar-refractivity contribution in [3.63, 3.8) is 0 Å². The summed E-state index contributed by atoms with van der Waals surface area (Å²) in [6.07, 6.45) is 3.94. The summed E-state index contributed by atoms with van der Waals surface area (Å²) in [4.78, 5) is 18.8. The molecule has 0 unspecified atom stereocenters. The minimum Gasteiger partial charge on any atom is -0.333 e. The van der Waals surface area contributed by atoms with Gasteiger partial charge in [0.1, 0.15) is 0 Å². The number of thiophene rings is 1. The average Bonchev–Trinajstić information content (AvgIpc) is 3.30. The van der Waals surface area contributed by atoms with Gasteiger partial charge in [0.05, 0.1) is 17.9 Å². The van der Waals surface area contributed by atoms with E-state index >= 15 is 0 Å². The van der Waals surface area contributed by atoms with Crippen LogP contribution in [-0.2, 0) is 6.54 Å². The van der Waals surface area contributed by atoms with Gasteiger partial charge in [-0.25, -0.2) is 9.78 Å². The first-order valence-electron chi connectivity index (χ1n) is 7.38. The second-order valence-corrected chi connectivity index (χ2v) is 7.06. The van der Waals surface area contributed by atoms with Gasteiger partial charge in [0.2, 0.25) is 0 Å². The SMILES string of the molecule is O=C(NCc1cccs1)Nc1ccccc1-c1cn2ccsc2n1. The first-order valence-corrected chi connectivity index (χ1v) is 9.14. The molecule has 0 saturated heterocycles. The number of nitrogens with one attached hydrogen (secondary N) is 2. The number of aromatic nitrogens is 2. The Balaban J connectivity index is 1.53. The third-order valence-electron chi connectivity index (χ3n) is 3.55. The normalized spacial score (nSPS) is 10.8. The van der Waals surface area contributed by atoms with Crippen molar-refractivity contribution >= 4 is 39.4 Å². The lowest BCUT2D eigenvalue weighted by Gasteiger charge is -2.10. The monoisotopic (exact) mass is 354 g/mol. The van der Waals surface area contributed by atoms with Crippen LogP contribution in [0.25, 0.3) is 16.2 Å². The number of carbonyl (C=O) groups excluding carboxylic acids is 1. The molecule has 2 amide bonds. The maximum atomic E-state index is 12.2. The molecule has 5 nitrogen and oxygen atoms in total. The number of benzene rings is 1. The van der Waals surface area contributed by atoms with Gasteiger partial charge in [0.25, 0.3) is 0 Å². The molecule has 0 spiro atoms. The smallest absolute Gasteiger partial charge is 0.319 e. The van der Waals surface area contributed by atoms with Gasteiger partial charge in [0.15, 0.2) is 4.96 Å². The molecule has 3 aromatic heterocycles. The molecular weight excluding hydrogens is 340 g/mol. The minimum absolute atomic E-state index is 0.225. The van der Waals surface area contributed by atoms with Gasteiger partial charge in [-0.05, 0) is 17.5 Å². The largest absolute Gasteiger partial charge is 0.333 e. The zero-order chi connectivity index (χ0) is 16.4. The fourth-order valence-electron chi connectivity index (χ4n) is 2.42. The summed E-state index contributed by atoms with van der Waals surface area (Å²) < 4.78 is 1.98. The van der Waals surface area contributed by atoms with E-state index in [1.54, 1.807) is 22.7 Å². The third kappa shape index (κ3) is 3.04. The number of fused-ring (bicyclic) bond motifs is 1. The molecule has 0 bridgehead atoms. The molecule has 2 N–H and O–H groups in total. The van der Waals surface area contributed by atoms with Crippen molar-refractivity contribution in [2.45, 2.75) is 6.54 Å². The fourth-order valence-corrected chi connectivity index (χ4v) is 3.76. The number of carbonyl (C=O) groups is 1. The minimum atomic E-state index is -0.225. The second-order valence-electron chi connectivity index (χ2n) is 5.15. The molecule has 0 aliphatic heterocycles. The van der Waals surface area contributed by atoms with Crippen LogP contribution in [-0.4, -0.2) is 15.4 Å². The number of anilines is 1. The van der Waals surface area contributed by atoms with Crippen LogP contribution in [0.2, 0.25) is 0 Å². The van der Waals surface area contributed by atoms with Gasteiger partial charge in [-0.1, -0.05) is 24.3 Å². The van der Waals surface area contributed by atoms with Crippen molar-refractivity contribution in [1.82, 2.24) is 14.7 Å². The zero-order valence-corrected chi connectivity index (χ0v) is 14.2. The summed E-state index contributed by atoms with van der Waals surface area (Å²) in [5.74, 6) is 0. The van der Waals surface area contributed by atoms with Crippen LogP contribution in [0.3, 0.4) is 0 Å². The van der Waals surface area contributed by atoms with Crippen molar-refractivity contribution in [2.24, 2.45) is 0 Å². The highest BCUT2D eigenvalue weighted by Gasteiger charge is 2.11. The Morgan fingerprint density at radius 3 is 2.88 bits per heavy atom. The summed E-state index contributed by atoms with van der Waals surface area (Å²) in [6.45, 7) is 0.520. The standard InChI is InChI=1S/C17H14N4OS2/c22-16(18-10-12-4-3-8-23-12)19-14-6-2-1-5-13(14)15-11-21-7-9-24-17(21)20-15/h1-9,11H,10H2,(H2,18,19,22). The number of rotatable bonds is 4. The van der Waals surface area contributed by atoms with Crippen LogP contribution in [0.15, 0.2) is 59.6 Å². The van der Waals surface area contributed by atoms with Gasteiger partial charge in [0, 0.05) is 28.2 Å². The molecule has 0 aliphatic carbocycles. The number of para-hydroxylation sites is 1. The van der Waals surface area contributed by atoms with E-state index in [1.165, 1.54) is 0 Å². The number of amides is 2. The van der Waals surface area contributed by atoms with Gasteiger partial charge in [-0.15, -0.1) is 22.7 Å². The lowest BCUT2D eigenvalue weighted by atomic mass is 10.1. The third-order valence-corrected chi connectivity index (χ3v) is 5.19. The molecule has 0 saturated carbocycles. The molecule has 7 heteroatoms. The van der Waals surface area contributed by atoms with E-state index in [0.29, 0.717) is 6.54 Å². The predicted molar refractivity (Wildman–Crippen MR) is 98.7 cm³/mol. The van der Waals surface area contributed by atoms with E-state index in [2.05, 4.69) is 15.6 Å². The summed E-state index contributed by atoms with van der Waals surface area (Å²) >= 11 is 3.20. The maximum absolute atomic E-state index is 12.2. The Bertz CT molecular complexity index is 943. The predicted octanol–water partition coefficient (Wildman–Crippen LogP) is 4.45. The summed E-state index contributed by atoms with van der Waals surface area (Å²) in [6, 6.07) is 11.4. The topological polar surface area (TPSA) is 58.4 Å². The van der Waals surface area contributed by atoms with Gasteiger partial charge < -0.3 is 10.6 Å². The molecule has 120 valence electrons. The van der Waals surface area contributed by atoms with Crippen molar-refractivity contribution < 1.29 is 4.79 Å². The van der Waals surface area contributed by atoms with Crippen molar-refractivity contribution in [2.75, 3.05) is 5.32 Å². The summed E-state index contributed by atoms with van der Waals surface area (Å²) in [5, 5.41) is 9.78. The molecular formula is C17H14N4OS2. The molecule has 4 aromatic rings. The molecule has 3 heterocycles. The molecule has 4 rings (SSSR count). The molecule has 1 aromatic carbocycles. The quantitative estimate of drug-likeness (QED) is 0.569. The summed E-state index contributed by atoms with van der Waals surface area (Å²) in [5.41, 5.74) is 2.49. The lowest BCUT2D eigenvalue weighted by Crippen LogP contribution is -2.28. The van der Waals surface area contributed by atoms with E-state index in [-0.39, 0.29) is 6.03 Å². The van der Waals surface area contributed by atoms with Crippen LogP contribution in [0, 0.1) is 0 Å². The van der Waals surface area contributed by atoms with Crippen LogP contribution in [0.1, 0.15) is 4.88 Å². The molecule has 0 aliphatic rings. The second kappa shape index (κ2) is 6.46. The van der Waals surface area contributed by atoms with Gasteiger partial charge >= 0.3 is 6.03 Å². The Kier molecular flexibility index (Phi) is 4.02. The van der Waals surface area contributed by atoms with E-state index in [0.717, 1.165) is 26.8 Å². The van der Waals surface area contributed by atoms with Gasteiger partial charge in [-0.3, -0.25) is 4.40 Å². The molecule has 0 radical (unpaired) electrons. The number of nitrogens with zero attached hydrogens (tertiary/aromatic N) is 2. The van der Waals surface area contributed by atoms with Gasteiger partial charge in [-0.2, -0.15) is 0 Å². The van der Waals surface area contributed by atoms with E-state index in [9.17, 15) is 4.79 Å². The first-order chi connectivity index (χ1) is 11.8. The molecule has 24 heavy (non-hydrogen) atoms. The Morgan fingerprint density at radius 1 is 1.12 bits per heavy atom. The van der Waals surface area contributed by atoms with Crippen LogP contribution >= 0.6 is 22.7 Å². The number of thiazole rings is 1. The van der Waals surface area contributed by atoms with Crippen LogP contribution in [0.5, 0.6) is 0 Å². The maximum Gasteiger partial charge on any atom is 0.319 e. The Labute approximate surface area is 146 Å². The van der Waals surface area contributed by atoms with Crippen LogP contribution in [0.4, 0.5) is 10.5 Å². The number of urea groups is 1. The lowest BCUT2D eigenvalue weighted by molar-refractivity contribution is 0.252. The van der Waals surface area contributed by atoms with E-state index in [1.807, 2.05) is 64.0 Å². The highest BCUT2D eigenvalue weighted by atomic mass is 32.1. The highest BCUT2D eigenvalue weighted by Crippen LogP contribution is 2.28. The number of hydrogen-bond acceptors (Lipinski definition) is 4. The fraction of sp³-hybridized carbons (Fsp3) is 0.0588. The average molecular weight is 354 g/mol. The van der Waals surface area contributed by atoms with E-state index < -0.39 is 0 Å². The van der Waals surface area contributed by atoms with Crippen LogP contribution < -0.4 is 10.6 Å².